The Morgan fingerprint density at radius 2 is 2.09 bits per heavy atom. The fraction of sp³-hybridized carbons (Fsp3) is 0.278. The molecule has 1 amide bonds. The zero-order valence-electron chi connectivity index (χ0n) is 13.4. The van der Waals surface area contributed by atoms with Crippen molar-refractivity contribution >= 4 is 16.8 Å². The summed E-state index contributed by atoms with van der Waals surface area (Å²) in [6, 6.07) is 8.06. The number of hydrogen-bond acceptors (Lipinski definition) is 2. The van der Waals surface area contributed by atoms with Crippen molar-refractivity contribution in [2.75, 3.05) is 0 Å². The van der Waals surface area contributed by atoms with Gasteiger partial charge in [0.15, 0.2) is 0 Å². The van der Waals surface area contributed by atoms with E-state index in [2.05, 4.69) is 10.3 Å². The summed E-state index contributed by atoms with van der Waals surface area (Å²) in [5.74, 6) is 1.10. The number of hydrogen-bond donors (Lipinski definition) is 2. The quantitative estimate of drug-likeness (QED) is 0.766. The van der Waals surface area contributed by atoms with Gasteiger partial charge in [0.05, 0.1) is 12.5 Å². The summed E-state index contributed by atoms with van der Waals surface area (Å²) in [5.41, 5.74) is 2.53. The highest BCUT2D eigenvalue weighted by molar-refractivity contribution is 5.90. The molecule has 2 aromatic heterocycles. The number of furan rings is 1. The van der Waals surface area contributed by atoms with E-state index in [1.807, 2.05) is 32.9 Å². The highest BCUT2D eigenvalue weighted by Gasteiger charge is 2.16. The van der Waals surface area contributed by atoms with Gasteiger partial charge in [-0.25, -0.2) is 4.39 Å². The molecule has 4 nitrogen and oxygen atoms in total. The molecule has 2 heterocycles. The molecule has 3 rings (SSSR count). The molecule has 0 saturated carbocycles. The number of carbonyl (C=O) groups is 1. The molecule has 1 aromatic carbocycles. The first-order valence-corrected chi connectivity index (χ1v) is 7.56. The van der Waals surface area contributed by atoms with Crippen molar-refractivity contribution in [1.82, 2.24) is 10.3 Å². The lowest BCUT2D eigenvalue weighted by Crippen LogP contribution is -2.28. The number of benzene rings is 1. The van der Waals surface area contributed by atoms with Crippen molar-refractivity contribution in [2.45, 2.75) is 33.2 Å². The Bertz CT molecular complexity index is 863. The van der Waals surface area contributed by atoms with E-state index < -0.39 is 0 Å². The molecule has 0 bridgehead atoms. The van der Waals surface area contributed by atoms with Gasteiger partial charge in [0.25, 0.3) is 0 Å². The summed E-state index contributed by atoms with van der Waals surface area (Å²) < 4.78 is 19.0. The van der Waals surface area contributed by atoms with Gasteiger partial charge >= 0.3 is 0 Å². The number of rotatable bonds is 4. The lowest BCUT2D eigenvalue weighted by molar-refractivity contribution is -0.121. The standard InChI is InChI=1S/C18H19FN2O2/c1-10-4-7-17(23-10)12(3)21-18(22)9-14-11(2)20-16-6-5-13(19)8-15(14)16/h4-8,12,20H,9H2,1-3H3,(H,21,22). The maximum Gasteiger partial charge on any atom is 0.225 e. The van der Waals surface area contributed by atoms with E-state index in [-0.39, 0.29) is 24.2 Å². The van der Waals surface area contributed by atoms with Crippen LogP contribution in [0.3, 0.4) is 0 Å². The number of aromatic amines is 1. The first-order chi connectivity index (χ1) is 10.9. The Balaban J connectivity index is 1.77. The Hall–Kier alpha value is -2.56. The van der Waals surface area contributed by atoms with Crippen LogP contribution in [0.1, 0.15) is 35.7 Å². The predicted molar refractivity (Wildman–Crippen MR) is 86.7 cm³/mol. The molecule has 120 valence electrons. The Labute approximate surface area is 133 Å². The van der Waals surface area contributed by atoms with Crippen molar-refractivity contribution < 1.29 is 13.6 Å². The van der Waals surface area contributed by atoms with Gasteiger partial charge in [0.1, 0.15) is 17.3 Å². The van der Waals surface area contributed by atoms with Crippen molar-refractivity contribution in [3.8, 4) is 0 Å². The average molecular weight is 314 g/mol. The molecular formula is C18H19FN2O2. The van der Waals surface area contributed by atoms with Crippen molar-refractivity contribution in [3.05, 3.63) is 58.9 Å². The van der Waals surface area contributed by atoms with Gasteiger partial charge in [-0.3, -0.25) is 4.79 Å². The second-order valence-electron chi connectivity index (χ2n) is 5.83. The van der Waals surface area contributed by atoms with Crippen LogP contribution in [0.25, 0.3) is 10.9 Å². The van der Waals surface area contributed by atoms with Crippen LogP contribution in [0.15, 0.2) is 34.7 Å². The van der Waals surface area contributed by atoms with Crippen LogP contribution in [0.2, 0.25) is 0 Å². The second kappa shape index (κ2) is 5.91. The number of H-pyrrole nitrogens is 1. The molecule has 3 aromatic rings. The second-order valence-corrected chi connectivity index (χ2v) is 5.83. The summed E-state index contributed by atoms with van der Waals surface area (Å²) in [6.07, 6.45) is 0.194. The van der Waals surface area contributed by atoms with Crippen LogP contribution in [0.5, 0.6) is 0 Å². The van der Waals surface area contributed by atoms with Gasteiger partial charge in [-0.05, 0) is 56.7 Å². The predicted octanol–water partition coefficient (Wildman–Crippen LogP) is 3.94. The molecule has 2 N–H and O–H groups in total. The smallest absolute Gasteiger partial charge is 0.225 e. The molecule has 0 fully saturated rings. The normalized spacial score (nSPS) is 12.5. The third kappa shape index (κ3) is 3.13. The maximum atomic E-state index is 13.5. The largest absolute Gasteiger partial charge is 0.464 e. The summed E-state index contributed by atoms with van der Waals surface area (Å²) >= 11 is 0. The summed E-state index contributed by atoms with van der Waals surface area (Å²) in [6.45, 7) is 5.62. The van der Waals surface area contributed by atoms with Crippen molar-refractivity contribution in [1.29, 1.82) is 0 Å². The number of aryl methyl sites for hydroxylation is 2. The Morgan fingerprint density at radius 3 is 2.78 bits per heavy atom. The molecule has 0 aliphatic heterocycles. The first-order valence-electron chi connectivity index (χ1n) is 7.56. The molecule has 0 saturated heterocycles. The van der Waals surface area contributed by atoms with Crippen LogP contribution in [-0.2, 0) is 11.2 Å². The molecular weight excluding hydrogens is 295 g/mol. The van der Waals surface area contributed by atoms with E-state index in [1.54, 1.807) is 6.07 Å². The number of amides is 1. The van der Waals surface area contributed by atoms with Crippen molar-refractivity contribution in [3.63, 3.8) is 0 Å². The van der Waals surface area contributed by atoms with E-state index in [0.717, 1.165) is 33.7 Å². The van der Waals surface area contributed by atoms with Gasteiger partial charge in [-0.1, -0.05) is 0 Å². The fourth-order valence-corrected chi connectivity index (χ4v) is 2.79. The summed E-state index contributed by atoms with van der Waals surface area (Å²) in [5, 5.41) is 3.66. The van der Waals surface area contributed by atoms with Gasteiger partial charge < -0.3 is 14.7 Å². The minimum absolute atomic E-state index is 0.125. The van der Waals surface area contributed by atoms with E-state index in [4.69, 9.17) is 4.42 Å². The van der Waals surface area contributed by atoms with E-state index in [9.17, 15) is 9.18 Å². The lowest BCUT2D eigenvalue weighted by Gasteiger charge is -2.11. The van der Waals surface area contributed by atoms with Crippen LogP contribution in [-0.4, -0.2) is 10.9 Å². The highest BCUT2D eigenvalue weighted by Crippen LogP contribution is 2.24. The Morgan fingerprint density at radius 1 is 1.30 bits per heavy atom. The van der Waals surface area contributed by atoms with Gasteiger partial charge in [-0.2, -0.15) is 0 Å². The number of halogens is 1. The van der Waals surface area contributed by atoms with Gasteiger partial charge in [0.2, 0.25) is 5.91 Å². The first kappa shape index (κ1) is 15.3. The minimum Gasteiger partial charge on any atom is -0.464 e. The minimum atomic E-state index is -0.308. The number of carbonyl (C=O) groups excluding carboxylic acids is 1. The fourth-order valence-electron chi connectivity index (χ4n) is 2.79. The van der Waals surface area contributed by atoms with Crippen molar-refractivity contribution in [2.24, 2.45) is 0 Å². The number of nitrogens with one attached hydrogen (secondary N) is 2. The zero-order chi connectivity index (χ0) is 16.6. The van der Waals surface area contributed by atoms with Crippen LogP contribution < -0.4 is 5.32 Å². The highest BCUT2D eigenvalue weighted by atomic mass is 19.1. The van der Waals surface area contributed by atoms with E-state index in [1.165, 1.54) is 12.1 Å². The summed E-state index contributed by atoms with van der Waals surface area (Å²) in [4.78, 5) is 15.5. The number of fused-ring (bicyclic) bond motifs is 1. The molecule has 5 heteroatoms. The Kier molecular flexibility index (Phi) is 3.94. The third-order valence-electron chi connectivity index (χ3n) is 3.98. The summed E-state index contributed by atoms with van der Waals surface area (Å²) in [7, 11) is 0. The maximum absolute atomic E-state index is 13.5. The molecule has 0 radical (unpaired) electrons. The topological polar surface area (TPSA) is 58.0 Å². The van der Waals surface area contributed by atoms with Gasteiger partial charge in [-0.15, -0.1) is 0 Å². The molecule has 1 atom stereocenters. The average Bonchev–Trinajstić information content (AvgIpc) is 3.04. The van der Waals surface area contributed by atoms with E-state index in [0.29, 0.717) is 0 Å². The number of aromatic nitrogens is 1. The molecule has 23 heavy (non-hydrogen) atoms. The molecule has 0 aliphatic carbocycles. The monoisotopic (exact) mass is 314 g/mol. The molecule has 0 spiro atoms. The lowest BCUT2D eigenvalue weighted by atomic mass is 10.1. The van der Waals surface area contributed by atoms with Gasteiger partial charge in [0, 0.05) is 16.6 Å². The zero-order valence-corrected chi connectivity index (χ0v) is 13.4. The van der Waals surface area contributed by atoms with E-state index >= 15 is 0 Å². The molecule has 1 unspecified atom stereocenters. The van der Waals surface area contributed by atoms with Crippen LogP contribution in [0.4, 0.5) is 4.39 Å². The SMILES string of the molecule is Cc1ccc(C(C)NC(=O)Cc2c(C)[nH]c3ccc(F)cc23)o1. The van der Waals surface area contributed by atoms with Crippen LogP contribution >= 0.6 is 0 Å². The molecule has 0 aliphatic rings. The van der Waals surface area contributed by atoms with Crippen LogP contribution in [0, 0.1) is 19.7 Å². The third-order valence-corrected chi connectivity index (χ3v) is 3.98.